The number of amides is 2. The maximum Gasteiger partial charge on any atom is 0.319 e. The van der Waals surface area contributed by atoms with Crippen LogP contribution in [0.5, 0.6) is 0 Å². The third kappa shape index (κ3) is 6.07. The molecule has 2 N–H and O–H groups in total. The molecule has 0 bridgehead atoms. The van der Waals surface area contributed by atoms with Gasteiger partial charge in [0.15, 0.2) is 9.84 Å². The molecule has 2 aromatic rings. The molecule has 0 saturated heterocycles. The quantitative estimate of drug-likeness (QED) is 0.798. The van der Waals surface area contributed by atoms with Gasteiger partial charge in [-0.2, -0.15) is 0 Å². The van der Waals surface area contributed by atoms with Crippen molar-refractivity contribution < 1.29 is 13.2 Å². The van der Waals surface area contributed by atoms with E-state index in [1.165, 1.54) is 23.8 Å². The zero-order chi connectivity index (χ0) is 18.4. The molecule has 7 heteroatoms. The van der Waals surface area contributed by atoms with Gasteiger partial charge < -0.3 is 10.6 Å². The van der Waals surface area contributed by atoms with Crippen LogP contribution in [-0.4, -0.2) is 26.7 Å². The first-order valence-corrected chi connectivity index (χ1v) is 10.1. The second kappa shape index (κ2) is 8.36. The van der Waals surface area contributed by atoms with Gasteiger partial charge in [0.05, 0.1) is 15.6 Å². The number of aryl methyl sites for hydroxylation is 1. The van der Waals surface area contributed by atoms with Crippen molar-refractivity contribution in [1.29, 1.82) is 0 Å². The predicted molar refractivity (Wildman–Crippen MR) is 101 cm³/mol. The summed E-state index contributed by atoms with van der Waals surface area (Å²) in [7, 11) is -3.37. The highest BCUT2D eigenvalue weighted by atomic mass is 35.5. The minimum Gasteiger partial charge on any atom is -0.335 e. The van der Waals surface area contributed by atoms with Crippen LogP contribution in [0, 0.1) is 0 Å². The summed E-state index contributed by atoms with van der Waals surface area (Å²) in [5.74, 6) is 0. The molecule has 0 unspecified atom stereocenters. The van der Waals surface area contributed by atoms with Crippen LogP contribution in [0.25, 0.3) is 0 Å². The molecule has 5 nitrogen and oxygen atoms in total. The van der Waals surface area contributed by atoms with Crippen LogP contribution in [0.4, 0.5) is 10.5 Å². The molecule has 2 rings (SSSR count). The van der Waals surface area contributed by atoms with E-state index in [1.807, 2.05) is 37.3 Å². The van der Waals surface area contributed by atoms with Crippen molar-refractivity contribution in [3.63, 3.8) is 0 Å². The summed E-state index contributed by atoms with van der Waals surface area (Å²) in [5, 5.41) is 5.71. The standard InChI is InChI=1S/C18H21ClN2O3S/c1-13(8-9-14-6-4-3-5-7-14)20-18(22)21-17-12-15(25(2,23)24)10-11-16(17)19/h3-7,10-13H,8-9H2,1-2H3,(H2,20,21,22)/t13-/m0/s1. The maximum atomic E-state index is 12.1. The fourth-order valence-electron chi connectivity index (χ4n) is 2.31. The lowest BCUT2D eigenvalue weighted by Gasteiger charge is -2.15. The van der Waals surface area contributed by atoms with E-state index < -0.39 is 15.9 Å². The predicted octanol–water partition coefficient (Wildman–Crippen LogP) is 3.89. The molecule has 134 valence electrons. The SMILES string of the molecule is C[C@@H](CCc1ccccc1)NC(=O)Nc1cc(S(C)(=O)=O)ccc1Cl. The fourth-order valence-corrected chi connectivity index (χ4v) is 3.12. The van der Waals surface area contributed by atoms with Crippen molar-refractivity contribution in [3.8, 4) is 0 Å². The molecule has 0 aliphatic rings. The van der Waals surface area contributed by atoms with Gasteiger partial charge in [-0.05, 0) is 43.5 Å². The lowest BCUT2D eigenvalue weighted by atomic mass is 10.1. The third-order valence-electron chi connectivity index (χ3n) is 3.70. The van der Waals surface area contributed by atoms with Gasteiger partial charge in [0.2, 0.25) is 0 Å². The van der Waals surface area contributed by atoms with Crippen LogP contribution in [-0.2, 0) is 16.3 Å². The molecule has 0 radical (unpaired) electrons. The number of carbonyl (C=O) groups excluding carboxylic acids is 1. The van der Waals surface area contributed by atoms with E-state index in [2.05, 4.69) is 10.6 Å². The number of urea groups is 1. The van der Waals surface area contributed by atoms with Crippen molar-refractivity contribution in [2.24, 2.45) is 0 Å². The van der Waals surface area contributed by atoms with Crippen molar-refractivity contribution in [1.82, 2.24) is 5.32 Å². The summed E-state index contributed by atoms with van der Waals surface area (Å²) in [6, 6.07) is 13.8. The summed E-state index contributed by atoms with van der Waals surface area (Å²) in [6.07, 6.45) is 2.74. The first-order chi connectivity index (χ1) is 11.8. The number of nitrogens with one attached hydrogen (secondary N) is 2. The highest BCUT2D eigenvalue weighted by molar-refractivity contribution is 7.90. The van der Waals surface area contributed by atoms with Gasteiger partial charge in [0.25, 0.3) is 0 Å². The smallest absolute Gasteiger partial charge is 0.319 e. The number of hydrogen-bond donors (Lipinski definition) is 2. The Morgan fingerprint density at radius 1 is 1.16 bits per heavy atom. The lowest BCUT2D eigenvalue weighted by Crippen LogP contribution is -2.36. The lowest BCUT2D eigenvalue weighted by molar-refractivity contribution is 0.248. The fraction of sp³-hybridized carbons (Fsp3) is 0.278. The Morgan fingerprint density at radius 2 is 1.84 bits per heavy atom. The molecule has 1 atom stereocenters. The summed E-state index contributed by atoms with van der Waals surface area (Å²) >= 11 is 6.03. The number of halogens is 1. The van der Waals surface area contributed by atoms with E-state index in [0.29, 0.717) is 0 Å². The zero-order valence-corrected chi connectivity index (χ0v) is 15.7. The second-order valence-corrected chi connectivity index (χ2v) is 8.36. The van der Waals surface area contributed by atoms with Gasteiger partial charge in [0, 0.05) is 12.3 Å². The normalized spacial score (nSPS) is 12.4. The van der Waals surface area contributed by atoms with E-state index in [9.17, 15) is 13.2 Å². The Kier molecular flexibility index (Phi) is 6.45. The minimum absolute atomic E-state index is 0.0444. The van der Waals surface area contributed by atoms with Crippen molar-refractivity contribution in [2.75, 3.05) is 11.6 Å². The van der Waals surface area contributed by atoms with Crippen molar-refractivity contribution >= 4 is 33.2 Å². The summed E-state index contributed by atoms with van der Waals surface area (Å²) in [4.78, 5) is 12.2. The Bertz CT molecular complexity index is 839. The topological polar surface area (TPSA) is 75.3 Å². The summed E-state index contributed by atoms with van der Waals surface area (Å²) in [6.45, 7) is 1.91. The van der Waals surface area contributed by atoms with Gasteiger partial charge in [0.1, 0.15) is 0 Å². The molecule has 2 amide bonds. The molecule has 0 aliphatic heterocycles. The van der Waals surface area contributed by atoms with Crippen molar-refractivity contribution in [3.05, 3.63) is 59.1 Å². The van der Waals surface area contributed by atoms with Crippen LogP contribution in [0.15, 0.2) is 53.4 Å². The number of rotatable bonds is 6. The van der Waals surface area contributed by atoms with Crippen LogP contribution in [0.1, 0.15) is 18.9 Å². The molecular formula is C18H21ClN2O3S. The number of anilines is 1. The van der Waals surface area contributed by atoms with Gasteiger partial charge in [-0.25, -0.2) is 13.2 Å². The second-order valence-electron chi connectivity index (χ2n) is 5.94. The van der Waals surface area contributed by atoms with Gasteiger partial charge in [-0.3, -0.25) is 0 Å². The van der Waals surface area contributed by atoms with Crippen LogP contribution in [0.3, 0.4) is 0 Å². The maximum absolute atomic E-state index is 12.1. The number of sulfone groups is 1. The van der Waals surface area contributed by atoms with Gasteiger partial charge in [-0.1, -0.05) is 41.9 Å². The molecule has 0 heterocycles. The van der Waals surface area contributed by atoms with Gasteiger partial charge in [-0.15, -0.1) is 0 Å². The third-order valence-corrected chi connectivity index (χ3v) is 5.14. The minimum atomic E-state index is -3.37. The zero-order valence-electron chi connectivity index (χ0n) is 14.1. The van der Waals surface area contributed by atoms with E-state index in [4.69, 9.17) is 11.6 Å². The summed E-state index contributed by atoms with van der Waals surface area (Å²) in [5.41, 5.74) is 1.47. The molecule has 0 aliphatic carbocycles. The number of hydrogen-bond acceptors (Lipinski definition) is 3. The van der Waals surface area contributed by atoms with E-state index >= 15 is 0 Å². The average molecular weight is 381 g/mol. The Morgan fingerprint density at radius 3 is 2.48 bits per heavy atom. The Labute approximate surface area is 153 Å². The first kappa shape index (κ1) is 19.3. The Balaban J connectivity index is 1.93. The first-order valence-electron chi connectivity index (χ1n) is 7.87. The molecule has 2 aromatic carbocycles. The monoisotopic (exact) mass is 380 g/mol. The number of carbonyl (C=O) groups is 1. The molecule has 0 spiro atoms. The average Bonchev–Trinajstić information content (AvgIpc) is 2.55. The molecule has 0 aromatic heterocycles. The highest BCUT2D eigenvalue weighted by Gasteiger charge is 2.13. The van der Waals surface area contributed by atoms with Gasteiger partial charge >= 0.3 is 6.03 Å². The van der Waals surface area contributed by atoms with E-state index in [-0.39, 0.29) is 21.6 Å². The molecular weight excluding hydrogens is 360 g/mol. The highest BCUT2D eigenvalue weighted by Crippen LogP contribution is 2.25. The summed E-state index contributed by atoms with van der Waals surface area (Å²) < 4.78 is 23.2. The van der Waals surface area contributed by atoms with Crippen LogP contribution in [0.2, 0.25) is 5.02 Å². The van der Waals surface area contributed by atoms with Crippen LogP contribution >= 0.6 is 11.6 Å². The van der Waals surface area contributed by atoms with E-state index in [1.54, 1.807) is 0 Å². The molecule has 0 saturated carbocycles. The molecule has 0 fully saturated rings. The van der Waals surface area contributed by atoms with Crippen molar-refractivity contribution in [2.45, 2.75) is 30.7 Å². The van der Waals surface area contributed by atoms with E-state index in [0.717, 1.165) is 19.1 Å². The van der Waals surface area contributed by atoms with Crippen LogP contribution < -0.4 is 10.6 Å². The Hall–Kier alpha value is -2.05. The largest absolute Gasteiger partial charge is 0.335 e. The molecule has 25 heavy (non-hydrogen) atoms. The number of benzene rings is 2.